The molecular formula is C15H25Cl2N3O. The Bertz CT molecular complexity index is 447. The maximum Gasteiger partial charge on any atom is 0.251 e. The molecule has 2 heterocycles. The Labute approximate surface area is 139 Å². The minimum atomic E-state index is -0.0131. The molecule has 0 spiro atoms. The average Bonchev–Trinajstić information content (AvgIpc) is 2.25. The highest BCUT2D eigenvalue weighted by Crippen LogP contribution is 2.28. The number of amides is 1. The summed E-state index contributed by atoms with van der Waals surface area (Å²) in [7, 11) is 0. The summed E-state index contributed by atoms with van der Waals surface area (Å²) in [5, 5.41) is 6.75. The van der Waals surface area contributed by atoms with Crippen molar-refractivity contribution < 1.29 is 4.79 Å². The Morgan fingerprint density at radius 3 is 2.10 bits per heavy atom. The quantitative estimate of drug-likeness (QED) is 0.874. The molecule has 1 amide bonds. The number of carbonyl (C=O) groups excluding carboxylic acids is 1. The fourth-order valence-electron chi connectivity index (χ4n) is 3.20. The van der Waals surface area contributed by atoms with Crippen molar-refractivity contribution in [3.8, 4) is 0 Å². The van der Waals surface area contributed by atoms with Gasteiger partial charge in [0.1, 0.15) is 0 Å². The molecule has 1 fully saturated rings. The first-order valence-corrected chi connectivity index (χ1v) is 6.78. The summed E-state index contributed by atoms with van der Waals surface area (Å²) in [6.07, 6.45) is 5.16. The van der Waals surface area contributed by atoms with Crippen molar-refractivity contribution in [3.05, 3.63) is 30.1 Å². The van der Waals surface area contributed by atoms with Crippen molar-refractivity contribution in [2.75, 3.05) is 0 Å². The van der Waals surface area contributed by atoms with Crippen LogP contribution in [0, 0.1) is 0 Å². The number of nitrogens with one attached hydrogen (secondary N) is 2. The molecule has 0 unspecified atom stereocenters. The Morgan fingerprint density at radius 1 is 1.14 bits per heavy atom. The number of carbonyl (C=O) groups is 1. The Morgan fingerprint density at radius 2 is 1.62 bits per heavy atom. The number of piperidine rings is 1. The van der Waals surface area contributed by atoms with Gasteiger partial charge in [-0.3, -0.25) is 9.78 Å². The lowest BCUT2D eigenvalue weighted by atomic mass is 9.79. The van der Waals surface area contributed by atoms with E-state index in [4.69, 9.17) is 0 Å². The molecule has 2 N–H and O–H groups in total. The van der Waals surface area contributed by atoms with Gasteiger partial charge in [0.05, 0.1) is 0 Å². The molecule has 1 aromatic heterocycles. The smallest absolute Gasteiger partial charge is 0.251 e. The molecule has 0 atom stereocenters. The third-order valence-electron chi connectivity index (χ3n) is 3.47. The van der Waals surface area contributed by atoms with Gasteiger partial charge in [-0.1, -0.05) is 0 Å². The van der Waals surface area contributed by atoms with Crippen molar-refractivity contribution in [3.63, 3.8) is 0 Å². The van der Waals surface area contributed by atoms with Gasteiger partial charge in [-0.2, -0.15) is 0 Å². The monoisotopic (exact) mass is 333 g/mol. The van der Waals surface area contributed by atoms with Crippen LogP contribution in [0.3, 0.4) is 0 Å². The summed E-state index contributed by atoms with van der Waals surface area (Å²) in [6, 6.07) is 3.69. The summed E-state index contributed by atoms with van der Waals surface area (Å²) in [6.45, 7) is 8.72. The molecule has 1 saturated heterocycles. The lowest BCUT2D eigenvalue weighted by molar-refractivity contribution is 0.0873. The van der Waals surface area contributed by atoms with Gasteiger partial charge in [-0.25, -0.2) is 0 Å². The van der Waals surface area contributed by atoms with Crippen LogP contribution in [-0.4, -0.2) is 28.0 Å². The van der Waals surface area contributed by atoms with Crippen molar-refractivity contribution in [2.24, 2.45) is 0 Å². The second-order valence-corrected chi connectivity index (χ2v) is 6.71. The van der Waals surface area contributed by atoms with Gasteiger partial charge in [-0.15, -0.1) is 24.8 Å². The molecule has 1 aromatic rings. The van der Waals surface area contributed by atoms with Crippen LogP contribution in [0.25, 0.3) is 0 Å². The third-order valence-corrected chi connectivity index (χ3v) is 3.47. The van der Waals surface area contributed by atoms with E-state index in [1.165, 1.54) is 0 Å². The molecule has 0 aromatic carbocycles. The highest BCUT2D eigenvalue weighted by atomic mass is 35.5. The molecule has 0 aliphatic carbocycles. The van der Waals surface area contributed by atoms with Crippen LogP contribution >= 0.6 is 24.8 Å². The fraction of sp³-hybridized carbons (Fsp3) is 0.600. The second-order valence-electron chi connectivity index (χ2n) is 6.71. The van der Waals surface area contributed by atoms with Gasteiger partial charge in [-0.05, 0) is 52.7 Å². The predicted octanol–water partition coefficient (Wildman–Crippen LogP) is 2.96. The number of hydrogen-bond acceptors (Lipinski definition) is 3. The van der Waals surface area contributed by atoms with Crippen LogP contribution in [0.4, 0.5) is 0 Å². The highest BCUT2D eigenvalue weighted by molar-refractivity contribution is 5.94. The van der Waals surface area contributed by atoms with Crippen LogP contribution in [0.1, 0.15) is 50.9 Å². The topological polar surface area (TPSA) is 54.0 Å². The lowest BCUT2D eigenvalue weighted by Crippen LogP contribution is -2.62. The Balaban J connectivity index is 0.00000200. The SMILES string of the molecule is CC1(C)CC(NC(=O)c2ccncc2)CC(C)(C)N1.Cl.Cl. The molecule has 120 valence electrons. The predicted molar refractivity (Wildman–Crippen MR) is 90.5 cm³/mol. The zero-order valence-electron chi connectivity index (χ0n) is 13.0. The molecule has 0 bridgehead atoms. The number of rotatable bonds is 2. The van der Waals surface area contributed by atoms with Gasteiger partial charge in [0.25, 0.3) is 5.91 Å². The Hall–Kier alpha value is -0.840. The number of nitrogens with zero attached hydrogens (tertiary/aromatic N) is 1. The average molecular weight is 334 g/mol. The maximum absolute atomic E-state index is 12.2. The summed E-state index contributed by atoms with van der Waals surface area (Å²) in [5.41, 5.74) is 0.750. The largest absolute Gasteiger partial charge is 0.349 e. The van der Waals surface area contributed by atoms with E-state index in [-0.39, 0.29) is 47.8 Å². The first-order valence-electron chi connectivity index (χ1n) is 6.78. The number of pyridine rings is 1. The van der Waals surface area contributed by atoms with Crippen LogP contribution in [-0.2, 0) is 0 Å². The summed E-state index contributed by atoms with van der Waals surface area (Å²) < 4.78 is 0. The van der Waals surface area contributed by atoms with Crippen LogP contribution < -0.4 is 10.6 Å². The highest BCUT2D eigenvalue weighted by Gasteiger charge is 2.38. The van der Waals surface area contributed by atoms with Crippen molar-refractivity contribution in [1.29, 1.82) is 0 Å². The summed E-state index contributed by atoms with van der Waals surface area (Å²) >= 11 is 0. The van der Waals surface area contributed by atoms with E-state index in [0.29, 0.717) is 5.56 Å². The first-order chi connectivity index (χ1) is 8.77. The van der Waals surface area contributed by atoms with Gasteiger partial charge < -0.3 is 10.6 Å². The molecule has 6 heteroatoms. The van der Waals surface area contributed by atoms with E-state index in [1.807, 2.05) is 0 Å². The number of aromatic nitrogens is 1. The van der Waals surface area contributed by atoms with Crippen LogP contribution in [0.2, 0.25) is 0 Å². The van der Waals surface area contributed by atoms with E-state index in [1.54, 1.807) is 24.5 Å². The van der Waals surface area contributed by atoms with E-state index >= 15 is 0 Å². The van der Waals surface area contributed by atoms with Crippen LogP contribution in [0.15, 0.2) is 24.5 Å². The van der Waals surface area contributed by atoms with Crippen molar-refractivity contribution in [1.82, 2.24) is 15.6 Å². The molecule has 2 rings (SSSR count). The lowest BCUT2D eigenvalue weighted by Gasteiger charge is -2.46. The molecule has 1 aliphatic heterocycles. The van der Waals surface area contributed by atoms with Gasteiger partial charge in [0.15, 0.2) is 0 Å². The van der Waals surface area contributed by atoms with E-state index in [0.717, 1.165) is 12.8 Å². The van der Waals surface area contributed by atoms with Gasteiger partial charge >= 0.3 is 0 Å². The van der Waals surface area contributed by atoms with Crippen molar-refractivity contribution >= 4 is 30.7 Å². The van der Waals surface area contributed by atoms with Gasteiger partial charge in [0.2, 0.25) is 0 Å². The molecular weight excluding hydrogens is 309 g/mol. The molecule has 4 nitrogen and oxygen atoms in total. The molecule has 0 saturated carbocycles. The van der Waals surface area contributed by atoms with E-state index < -0.39 is 0 Å². The van der Waals surface area contributed by atoms with E-state index in [2.05, 4.69) is 43.3 Å². The fourth-order valence-corrected chi connectivity index (χ4v) is 3.20. The normalized spacial score (nSPS) is 19.8. The minimum absolute atomic E-state index is 0. The third kappa shape index (κ3) is 5.81. The molecule has 0 radical (unpaired) electrons. The maximum atomic E-state index is 12.2. The second kappa shape index (κ2) is 7.43. The first kappa shape index (κ1) is 20.2. The van der Waals surface area contributed by atoms with Crippen LogP contribution in [0.5, 0.6) is 0 Å². The summed E-state index contributed by atoms with van der Waals surface area (Å²) in [4.78, 5) is 16.1. The van der Waals surface area contributed by atoms with E-state index in [9.17, 15) is 4.79 Å². The molecule has 1 aliphatic rings. The zero-order chi connectivity index (χ0) is 14.1. The molecule has 21 heavy (non-hydrogen) atoms. The minimum Gasteiger partial charge on any atom is -0.349 e. The standard InChI is InChI=1S/C15H23N3O.2ClH/c1-14(2)9-12(10-15(3,4)18-14)17-13(19)11-5-7-16-8-6-11;;/h5-8,12,18H,9-10H2,1-4H3,(H,17,19);2*1H. The van der Waals surface area contributed by atoms with Gasteiger partial charge in [0, 0.05) is 35.1 Å². The summed E-state index contributed by atoms with van der Waals surface area (Å²) in [5.74, 6) is -0.0131. The van der Waals surface area contributed by atoms with Crippen molar-refractivity contribution in [2.45, 2.75) is 57.7 Å². The Kier molecular flexibility index (Phi) is 7.13. The number of halogens is 2. The zero-order valence-corrected chi connectivity index (χ0v) is 14.6. The number of hydrogen-bond donors (Lipinski definition) is 2.